The quantitative estimate of drug-likeness (QED) is 0.757. The fraction of sp³-hybridized carbons (Fsp3) is 0.889. The number of likely N-dealkylation sites (tertiary alicyclic amines) is 1. The monoisotopic (exact) mass is 306 g/mol. The van der Waals surface area contributed by atoms with Crippen LogP contribution in [-0.2, 0) is 9.59 Å². The van der Waals surface area contributed by atoms with Crippen molar-refractivity contribution in [2.75, 3.05) is 20.1 Å². The lowest BCUT2D eigenvalue weighted by atomic mass is 9.95. The van der Waals surface area contributed by atoms with Gasteiger partial charge in [-0.3, -0.25) is 9.59 Å². The predicted octanol–water partition coefficient (Wildman–Crippen LogP) is 2.82. The average molecular weight is 306 g/mol. The van der Waals surface area contributed by atoms with Gasteiger partial charge in [0, 0.05) is 32.6 Å². The number of hydrogen-bond acceptors (Lipinski definition) is 2. The highest BCUT2D eigenvalue weighted by molar-refractivity contribution is 5.84. The van der Waals surface area contributed by atoms with E-state index in [4.69, 9.17) is 0 Å². The third kappa shape index (κ3) is 3.82. The van der Waals surface area contributed by atoms with E-state index in [9.17, 15) is 9.59 Å². The van der Waals surface area contributed by atoms with Gasteiger partial charge in [-0.05, 0) is 38.0 Å². The van der Waals surface area contributed by atoms with Gasteiger partial charge >= 0.3 is 0 Å². The summed E-state index contributed by atoms with van der Waals surface area (Å²) < 4.78 is 0. The molecule has 0 aromatic rings. The molecule has 4 nitrogen and oxygen atoms in total. The van der Waals surface area contributed by atoms with Crippen LogP contribution >= 0.6 is 0 Å². The SMILES string of the molecule is CN(CCCC1CCCC1)C(=O)[C@H]1CCC(=O)N(C2CC2)C1. The van der Waals surface area contributed by atoms with Gasteiger partial charge < -0.3 is 9.80 Å². The lowest BCUT2D eigenvalue weighted by Gasteiger charge is -2.34. The molecule has 3 fully saturated rings. The van der Waals surface area contributed by atoms with E-state index in [0.29, 0.717) is 19.0 Å². The number of carbonyl (C=O) groups is 2. The molecule has 124 valence electrons. The summed E-state index contributed by atoms with van der Waals surface area (Å²) in [6.07, 6.45) is 11.5. The molecule has 3 aliphatic rings. The van der Waals surface area contributed by atoms with Gasteiger partial charge in [-0.25, -0.2) is 0 Å². The molecule has 0 N–H and O–H groups in total. The molecule has 0 spiro atoms. The largest absolute Gasteiger partial charge is 0.345 e. The molecule has 3 rings (SSSR count). The summed E-state index contributed by atoms with van der Waals surface area (Å²) >= 11 is 0. The zero-order valence-electron chi connectivity index (χ0n) is 13.9. The van der Waals surface area contributed by atoms with Crippen LogP contribution in [-0.4, -0.2) is 47.8 Å². The lowest BCUT2D eigenvalue weighted by Crippen LogP contribution is -2.47. The topological polar surface area (TPSA) is 40.6 Å². The van der Waals surface area contributed by atoms with E-state index in [1.807, 2.05) is 16.8 Å². The molecular weight excluding hydrogens is 276 g/mol. The van der Waals surface area contributed by atoms with Crippen molar-refractivity contribution < 1.29 is 9.59 Å². The van der Waals surface area contributed by atoms with Gasteiger partial charge in [-0.15, -0.1) is 0 Å². The Morgan fingerprint density at radius 1 is 1.18 bits per heavy atom. The number of hydrogen-bond donors (Lipinski definition) is 0. The van der Waals surface area contributed by atoms with Crippen LogP contribution in [0.4, 0.5) is 0 Å². The van der Waals surface area contributed by atoms with E-state index >= 15 is 0 Å². The smallest absolute Gasteiger partial charge is 0.227 e. The van der Waals surface area contributed by atoms with E-state index in [2.05, 4.69) is 0 Å². The molecule has 0 aromatic carbocycles. The zero-order valence-corrected chi connectivity index (χ0v) is 13.9. The van der Waals surface area contributed by atoms with Crippen molar-refractivity contribution in [2.45, 2.75) is 70.3 Å². The Kier molecular flexibility index (Phi) is 5.04. The first kappa shape index (κ1) is 15.8. The first-order chi connectivity index (χ1) is 10.6. The Hall–Kier alpha value is -1.06. The number of piperidine rings is 1. The fourth-order valence-corrected chi connectivity index (χ4v) is 4.15. The maximum absolute atomic E-state index is 12.6. The Balaban J connectivity index is 1.42. The highest BCUT2D eigenvalue weighted by Crippen LogP contribution is 2.32. The average Bonchev–Trinajstić information content (AvgIpc) is 3.23. The Morgan fingerprint density at radius 3 is 2.59 bits per heavy atom. The molecule has 0 aromatic heterocycles. The molecule has 0 radical (unpaired) electrons. The molecule has 1 heterocycles. The number of amides is 2. The van der Waals surface area contributed by atoms with Gasteiger partial charge in [0.05, 0.1) is 5.92 Å². The molecule has 2 amide bonds. The molecule has 1 saturated heterocycles. The zero-order chi connectivity index (χ0) is 15.5. The second-order valence-electron chi connectivity index (χ2n) is 7.57. The van der Waals surface area contributed by atoms with Crippen molar-refractivity contribution in [2.24, 2.45) is 11.8 Å². The summed E-state index contributed by atoms with van der Waals surface area (Å²) in [7, 11) is 1.94. The van der Waals surface area contributed by atoms with Crippen molar-refractivity contribution in [3.8, 4) is 0 Å². The third-order valence-electron chi connectivity index (χ3n) is 5.74. The van der Waals surface area contributed by atoms with E-state index in [1.165, 1.54) is 32.1 Å². The van der Waals surface area contributed by atoms with Crippen LogP contribution in [0.1, 0.15) is 64.2 Å². The molecule has 0 unspecified atom stereocenters. The summed E-state index contributed by atoms with van der Waals surface area (Å²) in [4.78, 5) is 28.4. The van der Waals surface area contributed by atoms with Gasteiger partial charge in [0.25, 0.3) is 0 Å². The van der Waals surface area contributed by atoms with E-state index in [1.54, 1.807) is 0 Å². The highest BCUT2D eigenvalue weighted by Gasteiger charge is 2.39. The number of nitrogens with zero attached hydrogens (tertiary/aromatic N) is 2. The molecular formula is C18H30N2O2. The Morgan fingerprint density at radius 2 is 1.91 bits per heavy atom. The van der Waals surface area contributed by atoms with Crippen molar-refractivity contribution in [1.29, 1.82) is 0 Å². The van der Waals surface area contributed by atoms with Gasteiger partial charge in [0.2, 0.25) is 11.8 Å². The minimum atomic E-state index is 0.0368. The molecule has 2 saturated carbocycles. The Bertz CT molecular complexity index is 413. The molecule has 22 heavy (non-hydrogen) atoms. The minimum absolute atomic E-state index is 0.0368. The van der Waals surface area contributed by atoms with Gasteiger partial charge in [-0.1, -0.05) is 25.7 Å². The Labute approximate surface area is 134 Å². The summed E-state index contributed by atoms with van der Waals surface area (Å²) in [5.74, 6) is 1.45. The fourth-order valence-electron chi connectivity index (χ4n) is 4.15. The van der Waals surface area contributed by atoms with E-state index in [-0.39, 0.29) is 17.7 Å². The lowest BCUT2D eigenvalue weighted by molar-refractivity contribution is -0.142. The van der Waals surface area contributed by atoms with Crippen LogP contribution in [0.5, 0.6) is 0 Å². The van der Waals surface area contributed by atoms with Crippen LogP contribution in [0.3, 0.4) is 0 Å². The van der Waals surface area contributed by atoms with Crippen molar-refractivity contribution in [3.63, 3.8) is 0 Å². The van der Waals surface area contributed by atoms with Crippen LogP contribution in [0, 0.1) is 11.8 Å². The summed E-state index contributed by atoms with van der Waals surface area (Å²) in [6, 6.07) is 0.441. The maximum atomic E-state index is 12.6. The van der Waals surface area contributed by atoms with Gasteiger partial charge in [-0.2, -0.15) is 0 Å². The molecule has 4 heteroatoms. The van der Waals surface area contributed by atoms with Crippen molar-refractivity contribution in [3.05, 3.63) is 0 Å². The number of carbonyl (C=O) groups excluding carboxylic acids is 2. The molecule has 1 atom stereocenters. The molecule has 0 bridgehead atoms. The van der Waals surface area contributed by atoms with Gasteiger partial charge in [0.15, 0.2) is 0 Å². The maximum Gasteiger partial charge on any atom is 0.227 e. The minimum Gasteiger partial charge on any atom is -0.345 e. The second-order valence-corrected chi connectivity index (χ2v) is 7.57. The van der Waals surface area contributed by atoms with Crippen LogP contribution < -0.4 is 0 Å². The third-order valence-corrected chi connectivity index (χ3v) is 5.74. The van der Waals surface area contributed by atoms with Crippen molar-refractivity contribution in [1.82, 2.24) is 9.80 Å². The van der Waals surface area contributed by atoms with E-state index in [0.717, 1.165) is 38.1 Å². The summed E-state index contributed by atoms with van der Waals surface area (Å²) in [5, 5.41) is 0. The van der Waals surface area contributed by atoms with Crippen LogP contribution in [0.25, 0.3) is 0 Å². The molecule has 1 aliphatic heterocycles. The molecule has 2 aliphatic carbocycles. The standard InChI is InChI=1S/C18H30N2O2/c1-19(12-4-7-14-5-2-3-6-14)18(22)15-8-11-17(21)20(13-15)16-9-10-16/h14-16H,2-13H2,1H3/t15-/m0/s1. The first-order valence-electron chi connectivity index (χ1n) is 9.19. The summed E-state index contributed by atoms with van der Waals surface area (Å²) in [6.45, 7) is 1.54. The van der Waals surface area contributed by atoms with Crippen LogP contribution in [0.2, 0.25) is 0 Å². The summed E-state index contributed by atoms with van der Waals surface area (Å²) in [5.41, 5.74) is 0. The van der Waals surface area contributed by atoms with Crippen LogP contribution in [0.15, 0.2) is 0 Å². The predicted molar refractivity (Wildman–Crippen MR) is 86.3 cm³/mol. The van der Waals surface area contributed by atoms with Gasteiger partial charge in [0.1, 0.15) is 0 Å². The highest BCUT2D eigenvalue weighted by atomic mass is 16.2. The number of rotatable bonds is 6. The normalized spacial score (nSPS) is 26.5. The first-order valence-corrected chi connectivity index (χ1v) is 9.19. The van der Waals surface area contributed by atoms with E-state index < -0.39 is 0 Å². The van der Waals surface area contributed by atoms with Crippen molar-refractivity contribution >= 4 is 11.8 Å². The second kappa shape index (κ2) is 7.01.